The van der Waals surface area contributed by atoms with Gasteiger partial charge in [-0.1, -0.05) is 23.7 Å². The van der Waals surface area contributed by atoms with Crippen molar-refractivity contribution in [3.63, 3.8) is 0 Å². The minimum Gasteiger partial charge on any atom is -0.370 e. The summed E-state index contributed by atoms with van der Waals surface area (Å²) in [5.41, 5.74) is 6.18. The summed E-state index contributed by atoms with van der Waals surface area (Å²) in [6.45, 7) is 2.63. The molecular formula is C11H15ClN2O. The largest absolute Gasteiger partial charge is 0.370 e. The van der Waals surface area contributed by atoms with E-state index in [0.29, 0.717) is 13.0 Å². The minimum atomic E-state index is -0.286. The highest BCUT2D eigenvalue weighted by Gasteiger charge is 2.04. The van der Waals surface area contributed by atoms with E-state index in [-0.39, 0.29) is 11.9 Å². The number of hydrogen-bond acceptors (Lipinski definition) is 2. The van der Waals surface area contributed by atoms with Crippen molar-refractivity contribution in [2.75, 3.05) is 6.54 Å². The third-order valence-electron chi connectivity index (χ3n) is 2.19. The lowest BCUT2D eigenvalue weighted by molar-refractivity contribution is -0.117. The topological polar surface area (TPSA) is 55.1 Å². The molecule has 1 atom stereocenters. The molecule has 15 heavy (non-hydrogen) atoms. The highest BCUT2D eigenvalue weighted by atomic mass is 35.5. The number of carbonyl (C=O) groups is 1. The predicted octanol–water partition coefficient (Wildman–Crippen LogP) is 1.87. The van der Waals surface area contributed by atoms with E-state index in [1.807, 2.05) is 31.2 Å². The number of nitrogens with two attached hydrogens (primary N) is 1. The van der Waals surface area contributed by atoms with Crippen molar-refractivity contribution in [1.29, 1.82) is 0 Å². The second-order valence-electron chi connectivity index (χ2n) is 3.44. The number of primary amides is 1. The summed E-state index contributed by atoms with van der Waals surface area (Å²) in [5.74, 6) is -0.286. The Morgan fingerprint density at radius 1 is 1.47 bits per heavy atom. The number of amides is 1. The van der Waals surface area contributed by atoms with Crippen molar-refractivity contribution in [2.24, 2.45) is 5.73 Å². The normalized spacial score (nSPS) is 12.4. The Labute approximate surface area is 94.6 Å². The minimum absolute atomic E-state index is 0.196. The van der Waals surface area contributed by atoms with Crippen LogP contribution in [0.3, 0.4) is 0 Å². The zero-order valence-corrected chi connectivity index (χ0v) is 9.42. The van der Waals surface area contributed by atoms with Crippen molar-refractivity contribution >= 4 is 17.5 Å². The van der Waals surface area contributed by atoms with Gasteiger partial charge in [-0.15, -0.1) is 0 Å². The van der Waals surface area contributed by atoms with Crippen LogP contribution in [0.25, 0.3) is 0 Å². The van der Waals surface area contributed by atoms with Gasteiger partial charge in [0.2, 0.25) is 5.91 Å². The highest BCUT2D eigenvalue weighted by Crippen LogP contribution is 2.15. The monoisotopic (exact) mass is 226 g/mol. The van der Waals surface area contributed by atoms with Gasteiger partial charge in [-0.3, -0.25) is 4.79 Å². The quantitative estimate of drug-likeness (QED) is 0.806. The summed E-state index contributed by atoms with van der Waals surface area (Å²) in [5, 5.41) is 3.93. The Morgan fingerprint density at radius 3 is 2.60 bits per heavy atom. The van der Waals surface area contributed by atoms with E-state index in [0.717, 1.165) is 10.6 Å². The van der Waals surface area contributed by atoms with Gasteiger partial charge in [-0.25, -0.2) is 0 Å². The van der Waals surface area contributed by atoms with E-state index >= 15 is 0 Å². The molecule has 0 heterocycles. The first-order valence-corrected chi connectivity index (χ1v) is 5.24. The molecule has 0 unspecified atom stereocenters. The van der Waals surface area contributed by atoms with Crippen LogP contribution >= 0.6 is 11.6 Å². The molecule has 1 amide bonds. The molecule has 0 aliphatic carbocycles. The number of carbonyl (C=O) groups excluding carboxylic acids is 1. The zero-order chi connectivity index (χ0) is 11.3. The molecule has 1 rings (SSSR count). The van der Waals surface area contributed by atoms with Gasteiger partial charge in [0.05, 0.1) is 0 Å². The van der Waals surface area contributed by atoms with E-state index in [1.54, 1.807) is 0 Å². The smallest absolute Gasteiger partial charge is 0.218 e. The van der Waals surface area contributed by atoms with Gasteiger partial charge in [0.1, 0.15) is 0 Å². The summed E-state index contributed by atoms with van der Waals surface area (Å²) in [4.78, 5) is 10.5. The predicted molar refractivity (Wildman–Crippen MR) is 61.7 cm³/mol. The molecule has 1 aromatic carbocycles. The average Bonchev–Trinajstić information content (AvgIpc) is 2.18. The van der Waals surface area contributed by atoms with Crippen LogP contribution in [0.4, 0.5) is 0 Å². The first-order chi connectivity index (χ1) is 7.09. The molecule has 3 N–H and O–H groups in total. The summed E-state index contributed by atoms with van der Waals surface area (Å²) in [6.07, 6.45) is 0.359. The Balaban J connectivity index is 2.43. The average molecular weight is 227 g/mol. The van der Waals surface area contributed by atoms with E-state index in [2.05, 4.69) is 5.32 Å². The van der Waals surface area contributed by atoms with Gasteiger partial charge in [-0.2, -0.15) is 0 Å². The van der Waals surface area contributed by atoms with Crippen molar-refractivity contribution in [3.05, 3.63) is 34.9 Å². The van der Waals surface area contributed by atoms with Crippen molar-refractivity contribution in [2.45, 2.75) is 19.4 Å². The Morgan fingerprint density at radius 2 is 2.07 bits per heavy atom. The third-order valence-corrected chi connectivity index (χ3v) is 2.44. The molecule has 0 aromatic heterocycles. The number of halogens is 1. The van der Waals surface area contributed by atoms with Crippen molar-refractivity contribution in [3.8, 4) is 0 Å². The molecule has 0 saturated heterocycles. The van der Waals surface area contributed by atoms with E-state index in [9.17, 15) is 4.79 Å². The molecule has 0 radical (unpaired) electrons. The van der Waals surface area contributed by atoms with Crippen LogP contribution in [0.15, 0.2) is 24.3 Å². The van der Waals surface area contributed by atoms with Crippen LogP contribution in [-0.4, -0.2) is 12.5 Å². The summed E-state index contributed by atoms with van der Waals surface area (Å²) in [7, 11) is 0. The maximum Gasteiger partial charge on any atom is 0.218 e. The van der Waals surface area contributed by atoms with Crippen LogP contribution in [0.2, 0.25) is 5.02 Å². The first-order valence-electron chi connectivity index (χ1n) is 4.86. The number of hydrogen-bond donors (Lipinski definition) is 2. The van der Waals surface area contributed by atoms with E-state index < -0.39 is 0 Å². The SMILES string of the molecule is C[C@@H](NCCC(N)=O)c1ccc(Cl)cc1. The molecule has 82 valence electrons. The van der Waals surface area contributed by atoms with Gasteiger partial charge in [0, 0.05) is 24.0 Å². The van der Waals surface area contributed by atoms with Crippen LogP contribution < -0.4 is 11.1 Å². The number of rotatable bonds is 5. The Hall–Kier alpha value is -1.06. The lowest BCUT2D eigenvalue weighted by Gasteiger charge is -2.13. The molecule has 3 nitrogen and oxygen atoms in total. The summed E-state index contributed by atoms with van der Waals surface area (Å²) >= 11 is 5.78. The maximum atomic E-state index is 10.5. The van der Waals surface area contributed by atoms with E-state index in [1.165, 1.54) is 0 Å². The lowest BCUT2D eigenvalue weighted by atomic mass is 10.1. The Bertz CT molecular complexity index is 324. The van der Waals surface area contributed by atoms with Crippen LogP contribution in [-0.2, 0) is 4.79 Å². The highest BCUT2D eigenvalue weighted by molar-refractivity contribution is 6.30. The fraction of sp³-hybridized carbons (Fsp3) is 0.364. The first kappa shape index (κ1) is 12.0. The van der Waals surface area contributed by atoms with Gasteiger partial charge < -0.3 is 11.1 Å². The molecule has 1 aromatic rings. The van der Waals surface area contributed by atoms with Gasteiger partial charge in [-0.05, 0) is 24.6 Å². The molecule has 0 saturated carbocycles. The molecule has 0 aliphatic rings. The second kappa shape index (κ2) is 5.73. The standard InChI is InChI=1S/C11H15ClN2O/c1-8(14-7-6-11(13)15)9-2-4-10(12)5-3-9/h2-5,8,14H,6-7H2,1H3,(H2,13,15)/t8-/m1/s1. The van der Waals surface area contributed by atoms with Gasteiger partial charge in [0.25, 0.3) is 0 Å². The molecule has 0 bridgehead atoms. The van der Waals surface area contributed by atoms with Crippen LogP contribution in [0.5, 0.6) is 0 Å². The van der Waals surface area contributed by atoms with Gasteiger partial charge in [0.15, 0.2) is 0 Å². The summed E-state index contributed by atoms with van der Waals surface area (Å²) < 4.78 is 0. The van der Waals surface area contributed by atoms with Crippen LogP contribution in [0, 0.1) is 0 Å². The number of nitrogens with one attached hydrogen (secondary N) is 1. The molecule has 0 spiro atoms. The van der Waals surface area contributed by atoms with Crippen molar-refractivity contribution < 1.29 is 4.79 Å². The maximum absolute atomic E-state index is 10.5. The second-order valence-corrected chi connectivity index (χ2v) is 3.88. The number of benzene rings is 1. The van der Waals surface area contributed by atoms with E-state index in [4.69, 9.17) is 17.3 Å². The summed E-state index contributed by atoms with van der Waals surface area (Å²) in [6, 6.07) is 7.82. The molecule has 4 heteroatoms. The fourth-order valence-electron chi connectivity index (χ4n) is 1.28. The third kappa shape index (κ3) is 4.32. The Kier molecular flexibility index (Phi) is 4.59. The fourth-order valence-corrected chi connectivity index (χ4v) is 1.41. The van der Waals surface area contributed by atoms with Gasteiger partial charge >= 0.3 is 0 Å². The molecular weight excluding hydrogens is 212 g/mol. The van der Waals surface area contributed by atoms with Crippen molar-refractivity contribution in [1.82, 2.24) is 5.32 Å². The molecule has 0 fully saturated rings. The zero-order valence-electron chi connectivity index (χ0n) is 8.66. The molecule has 0 aliphatic heterocycles. The lowest BCUT2D eigenvalue weighted by Crippen LogP contribution is -2.24. The van der Waals surface area contributed by atoms with Crippen LogP contribution in [0.1, 0.15) is 24.9 Å².